The molecule has 1 atom stereocenters. The van der Waals surface area contributed by atoms with Gasteiger partial charge in [0.15, 0.2) is 0 Å². The second kappa shape index (κ2) is 5.80. The van der Waals surface area contributed by atoms with Gasteiger partial charge in [-0.2, -0.15) is 15.5 Å². The minimum absolute atomic E-state index is 0.0274. The Kier molecular flexibility index (Phi) is 3.63. The van der Waals surface area contributed by atoms with Crippen molar-refractivity contribution < 1.29 is 4.74 Å². The van der Waals surface area contributed by atoms with E-state index in [4.69, 9.17) is 10.00 Å². The molecule has 1 saturated heterocycles. The van der Waals surface area contributed by atoms with E-state index in [0.717, 1.165) is 40.6 Å². The average Bonchev–Trinajstić information content (AvgIpc) is 3.22. The predicted octanol–water partition coefficient (Wildman–Crippen LogP) is 3.53. The molecule has 4 heterocycles. The quantitative estimate of drug-likeness (QED) is 0.690. The summed E-state index contributed by atoms with van der Waals surface area (Å²) < 4.78 is 10.2. The van der Waals surface area contributed by atoms with Crippen LogP contribution in [0.15, 0.2) is 35.3 Å². The van der Waals surface area contributed by atoms with Gasteiger partial charge in [0.25, 0.3) is 0 Å². The van der Waals surface area contributed by atoms with Crippen LogP contribution in [-0.4, -0.2) is 26.0 Å². The molecule has 1 aliphatic rings. The maximum Gasteiger partial charge on any atom is 0.150 e. The molecule has 116 valence electrons. The Balaban J connectivity index is 1.72. The molecule has 0 N–H and O–H groups in total. The van der Waals surface area contributed by atoms with Gasteiger partial charge in [-0.3, -0.25) is 0 Å². The smallest absolute Gasteiger partial charge is 0.150 e. The standard InChI is InChI=1S/C16H14BrN5O/c17-14-5-11(9-22-16(14)12(6-18)7-20-22)13-8-19-21(10-13)15-3-1-2-4-23-15/h5,7-10,15H,1-4H2. The summed E-state index contributed by atoms with van der Waals surface area (Å²) in [5.74, 6) is 0. The zero-order chi connectivity index (χ0) is 15.8. The number of ether oxygens (including phenoxy) is 1. The molecule has 23 heavy (non-hydrogen) atoms. The van der Waals surface area contributed by atoms with Crippen molar-refractivity contribution in [2.75, 3.05) is 6.61 Å². The third-order valence-electron chi connectivity index (χ3n) is 4.07. The SMILES string of the molecule is N#Cc1cnn2cc(-c3cnn(C4CCCCO4)c3)cc(Br)c12. The fourth-order valence-corrected chi connectivity index (χ4v) is 3.53. The summed E-state index contributed by atoms with van der Waals surface area (Å²) in [4.78, 5) is 0. The van der Waals surface area contributed by atoms with Crippen LogP contribution in [0.25, 0.3) is 16.6 Å². The summed E-state index contributed by atoms with van der Waals surface area (Å²) in [7, 11) is 0. The number of hydrogen-bond acceptors (Lipinski definition) is 4. The van der Waals surface area contributed by atoms with Crippen molar-refractivity contribution in [1.29, 1.82) is 5.26 Å². The Morgan fingerprint density at radius 2 is 2.13 bits per heavy atom. The summed E-state index contributed by atoms with van der Waals surface area (Å²) in [5, 5.41) is 17.8. The van der Waals surface area contributed by atoms with Gasteiger partial charge in [-0.25, -0.2) is 9.20 Å². The third-order valence-corrected chi connectivity index (χ3v) is 4.68. The van der Waals surface area contributed by atoms with E-state index < -0.39 is 0 Å². The highest BCUT2D eigenvalue weighted by Gasteiger charge is 2.17. The molecule has 0 saturated carbocycles. The van der Waals surface area contributed by atoms with E-state index in [1.165, 1.54) is 6.42 Å². The van der Waals surface area contributed by atoms with E-state index in [2.05, 4.69) is 32.2 Å². The number of pyridine rings is 1. The summed E-state index contributed by atoms with van der Waals surface area (Å²) in [5.41, 5.74) is 3.31. The highest BCUT2D eigenvalue weighted by molar-refractivity contribution is 9.10. The molecule has 0 spiro atoms. The van der Waals surface area contributed by atoms with Gasteiger partial charge >= 0.3 is 0 Å². The summed E-state index contributed by atoms with van der Waals surface area (Å²) in [6, 6.07) is 4.14. The highest BCUT2D eigenvalue weighted by atomic mass is 79.9. The Morgan fingerprint density at radius 3 is 2.91 bits per heavy atom. The monoisotopic (exact) mass is 371 g/mol. The lowest BCUT2D eigenvalue weighted by Gasteiger charge is -2.22. The molecule has 1 unspecified atom stereocenters. The van der Waals surface area contributed by atoms with Crippen molar-refractivity contribution in [1.82, 2.24) is 19.4 Å². The lowest BCUT2D eigenvalue weighted by Crippen LogP contribution is -2.18. The van der Waals surface area contributed by atoms with Crippen LogP contribution in [-0.2, 0) is 4.74 Å². The summed E-state index contributed by atoms with van der Waals surface area (Å²) in [6.45, 7) is 0.793. The molecule has 0 amide bonds. The molecule has 1 fully saturated rings. The Labute approximate surface area is 141 Å². The van der Waals surface area contributed by atoms with Gasteiger partial charge in [0.1, 0.15) is 12.3 Å². The van der Waals surface area contributed by atoms with Gasteiger partial charge in [-0.1, -0.05) is 0 Å². The number of rotatable bonds is 2. The van der Waals surface area contributed by atoms with Crippen molar-refractivity contribution in [2.24, 2.45) is 0 Å². The Hall–Kier alpha value is -2.17. The average molecular weight is 372 g/mol. The van der Waals surface area contributed by atoms with E-state index in [0.29, 0.717) is 5.56 Å². The van der Waals surface area contributed by atoms with E-state index >= 15 is 0 Å². The topological polar surface area (TPSA) is 68.1 Å². The molecule has 4 rings (SSSR count). The Bertz CT molecular complexity index is 901. The number of fused-ring (bicyclic) bond motifs is 1. The molecule has 6 nitrogen and oxygen atoms in total. The first kappa shape index (κ1) is 14.4. The molecular formula is C16H14BrN5O. The van der Waals surface area contributed by atoms with Gasteiger partial charge in [0.05, 0.1) is 23.5 Å². The number of hydrogen-bond donors (Lipinski definition) is 0. The van der Waals surface area contributed by atoms with E-state index in [1.54, 1.807) is 10.7 Å². The predicted molar refractivity (Wildman–Crippen MR) is 87.7 cm³/mol. The van der Waals surface area contributed by atoms with Gasteiger partial charge in [0, 0.05) is 34.6 Å². The maximum absolute atomic E-state index is 9.13. The molecule has 3 aromatic rings. The van der Waals surface area contributed by atoms with Crippen LogP contribution in [0.2, 0.25) is 0 Å². The molecule has 0 radical (unpaired) electrons. The van der Waals surface area contributed by atoms with Crippen LogP contribution in [0, 0.1) is 11.3 Å². The first-order valence-electron chi connectivity index (χ1n) is 7.49. The normalized spacial score (nSPS) is 18.2. The second-order valence-corrected chi connectivity index (χ2v) is 6.42. The fraction of sp³-hybridized carbons (Fsp3) is 0.312. The minimum Gasteiger partial charge on any atom is -0.357 e. The van der Waals surface area contributed by atoms with E-state index in [9.17, 15) is 0 Å². The first-order chi connectivity index (χ1) is 11.3. The molecule has 1 aliphatic heterocycles. The molecule has 3 aromatic heterocycles. The van der Waals surface area contributed by atoms with Crippen molar-refractivity contribution >= 4 is 21.4 Å². The Morgan fingerprint density at radius 1 is 1.22 bits per heavy atom. The zero-order valence-electron chi connectivity index (χ0n) is 12.3. The zero-order valence-corrected chi connectivity index (χ0v) is 13.9. The van der Waals surface area contributed by atoms with Gasteiger partial charge in [-0.05, 0) is 41.3 Å². The van der Waals surface area contributed by atoms with Gasteiger partial charge < -0.3 is 4.74 Å². The number of halogens is 1. The second-order valence-electron chi connectivity index (χ2n) is 5.57. The fourth-order valence-electron chi connectivity index (χ4n) is 2.89. The molecule has 0 aliphatic carbocycles. The number of nitrogens with zero attached hydrogens (tertiary/aromatic N) is 5. The van der Waals surface area contributed by atoms with Crippen molar-refractivity contribution in [2.45, 2.75) is 25.5 Å². The largest absolute Gasteiger partial charge is 0.357 e. The summed E-state index contributed by atoms with van der Waals surface area (Å²) >= 11 is 3.54. The van der Waals surface area contributed by atoms with Crippen LogP contribution in [0.5, 0.6) is 0 Å². The lowest BCUT2D eigenvalue weighted by atomic mass is 10.1. The molecule has 0 aromatic carbocycles. The molecule has 7 heteroatoms. The van der Waals surface area contributed by atoms with Gasteiger partial charge in [0.2, 0.25) is 0 Å². The number of nitriles is 1. The van der Waals surface area contributed by atoms with Crippen LogP contribution < -0.4 is 0 Å². The van der Waals surface area contributed by atoms with Crippen LogP contribution in [0.4, 0.5) is 0 Å². The molecule has 0 bridgehead atoms. The van der Waals surface area contributed by atoms with Crippen LogP contribution in [0.3, 0.4) is 0 Å². The van der Waals surface area contributed by atoms with Gasteiger partial charge in [-0.15, -0.1) is 0 Å². The lowest BCUT2D eigenvalue weighted by molar-refractivity contribution is -0.0394. The minimum atomic E-state index is 0.0274. The van der Waals surface area contributed by atoms with Crippen molar-refractivity contribution in [3.63, 3.8) is 0 Å². The van der Waals surface area contributed by atoms with Crippen molar-refractivity contribution in [3.8, 4) is 17.2 Å². The van der Waals surface area contributed by atoms with E-state index in [1.807, 2.05) is 29.3 Å². The van der Waals surface area contributed by atoms with Crippen LogP contribution >= 0.6 is 15.9 Å². The highest BCUT2D eigenvalue weighted by Crippen LogP contribution is 2.29. The van der Waals surface area contributed by atoms with Crippen molar-refractivity contribution in [3.05, 3.63) is 40.9 Å². The van der Waals surface area contributed by atoms with Crippen LogP contribution in [0.1, 0.15) is 31.1 Å². The third kappa shape index (κ3) is 2.54. The maximum atomic E-state index is 9.13. The van der Waals surface area contributed by atoms with E-state index in [-0.39, 0.29) is 6.23 Å². The summed E-state index contributed by atoms with van der Waals surface area (Å²) in [6.07, 6.45) is 10.6. The first-order valence-corrected chi connectivity index (χ1v) is 8.28. The number of aromatic nitrogens is 4. The molecular weight excluding hydrogens is 358 g/mol.